The molecule has 0 bridgehead atoms. The number of nitrogens with one attached hydrogen (secondary N) is 1. The van der Waals surface area contributed by atoms with E-state index in [1.165, 1.54) is 0 Å². The lowest BCUT2D eigenvalue weighted by Crippen LogP contribution is -2.11. The van der Waals surface area contributed by atoms with Crippen LogP contribution < -0.4 is 15.8 Å². The van der Waals surface area contributed by atoms with Crippen molar-refractivity contribution >= 4 is 23.6 Å². The third-order valence-corrected chi connectivity index (χ3v) is 4.72. The van der Waals surface area contributed by atoms with Gasteiger partial charge in [-0.2, -0.15) is 15.0 Å². The Kier molecular flexibility index (Phi) is 6.44. The summed E-state index contributed by atoms with van der Waals surface area (Å²) in [6, 6.07) is 16.0. The van der Waals surface area contributed by atoms with E-state index in [1.54, 1.807) is 24.3 Å². The Hall–Kier alpha value is -4.47. The molecule has 168 valence electrons. The fraction of sp³-hybridized carbons (Fsp3) is 0.174. The van der Waals surface area contributed by atoms with Gasteiger partial charge in [0.1, 0.15) is 18.1 Å². The molecule has 0 aliphatic heterocycles. The number of esters is 1. The summed E-state index contributed by atoms with van der Waals surface area (Å²) in [5.74, 6) is 1.31. The maximum Gasteiger partial charge on any atom is 0.338 e. The molecule has 33 heavy (non-hydrogen) atoms. The quantitative estimate of drug-likeness (QED) is 0.385. The molecule has 0 unspecified atom stereocenters. The molecule has 3 N–H and O–H groups in total. The van der Waals surface area contributed by atoms with Crippen LogP contribution in [-0.4, -0.2) is 26.1 Å². The van der Waals surface area contributed by atoms with Gasteiger partial charge in [-0.25, -0.2) is 4.79 Å². The van der Waals surface area contributed by atoms with Gasteiger partial charge in [0.15, 0.2) is 12.4 Å². The van der Waals surface area contributed by atoms with Crippen LogP contribution in [0.3, 0.4) is 0 Å². The highest BCUT2D eigenvalue weighted by Crippen LogP contribution is 2.19. The highest BCUT2D eigenvalue weighted by atomic mass is 16.5. The van der Waals surface area contributed by atoms with Crippen LogP contribution in [0.25, 0.3) is 0 Å². The maximum absolute atomic E-state index is 12.4. The lowest BCUT2D eigenvalue weighted by atomic mass is 10.2. The highest BCUT2D eigenvalue weighted by Gasteiger charge is 2.12. The summed E-state index contributed by atoms with van der Waals surface area (Å²) in [5.41, 5.74) is 8.61. The number of carbonyl (C=O) groups is 1. The zero-order chi connectivity index (χ0) is 23.2. The molecule has 0 aliphatic rings. The number of aryl methyl sites for hydroxylation is 2. The Morgan fingerprint density at radius 3 is 2.45 bits per heavy atom. The van der Waals surface area contributed by atoms with Crippen molar-refractivity contribution in [3.63, 3.8) is 0 Å². The Bertz CT molecular complexity index is 1220. The molecule has 10 nitrogen and oxygen atoms in total. The van der Waals surface area contributed by atoms with Crippen molar-refractivity contribution in [3.8, 4) is 5.75 Å². The molecule has 0 radical (unpaired) electrons. The van der Waals surface area contributed by atoms with E-state index in [1.807, 2.05) is 44.2 Å². The molecule has 2 aromatic heterocycles. The van der Waals surface area contributed by atoms with E-state index < -0.39 is 5.97 Å². The summed E-state index contributed by atoms with van der Waals surface area (Å²) in [6.45, 7) is 3.86. The van der Waals surface area contributed by atoms with Gasteiger partial charge in [0, 0.05) is 5.69 Å². The molecule has 2 heterocycles. The van der Waals surface area contributed by atoms with Crippen LogP contribution in [0.5, 0.6) is 5.75 Å². The molecule has 10 heteroatoms. The first kappa shape index (κ1) is 21.8. The summed E-state index contributed by atoms with van der Waals surface area (Å²) >= 11 is 0. The molecule has 0 saturated carbocycles. The topological polar surface area (TPSA) is 138 Å². The third-order valence-electron chi connectivity index (χ3n) is 4.72. The molecule has 2 aromatic carbocycles. The van der Waals surface area contributed by atoms with E-state index in [2.05, 4.69) is 25.4 Å². The summed E-state index contributed by atoms with van der Waals surface area (Å²) < 4.78 is 16.2. The average molecular weight is 446 g/mol. The first-order valence-corrected chi connectivity index (χ1v) is 10.1. The average Bonchev–Trinajstić information content (AvgIpc) is 3.14. The van der Waals surface area contributed by atoms with Gasteiger partial charge in [-0.05, 0) is 50.2 Å². The molecule has 0 saturated heterocycles. The molecule has 0 amide bonds. The van der Waals surface area contributed by atoms with Crippen molar-refractivity contribution in [1.29, 1.82) is 0 Å². The number of rotatable bonds is 8. The third kappa shape index (κ3) is 5.62. The van der Waals surface area contributed by atoms with Gasteiger partial charge in [0.2, 0.25) is 11.9 Å². The number of nitrogen functional groups attached to an aromatic ring is 1. The van der Waals surface area contributed by atoms with Crippen molar-refractivity contribution in [2.45, 2.75) is 27.1 Å². The van der Waals surface area contributed by atoms with Crippen LogP contribution in [0.4, 0.5) is 17.6 Å². The SMILES string of the molecule is Cc1noc(C)c1COc1ccc(C(=O)OCc2nc(N)nc(Nc3ccccc3)n2)cc1. The zero-order valence-electron chi connectivity index (χ0n) is 18.1. The van der Waals surface area contributed by atoms with Crippen LogP contribution >= 0.6 is 0 Å². The minimum absolute atomic E-state index is 0.0225. The number of ether oxygens (including phenoxy) is 2. The second kappa shape index (κ2) is 9.77. The summed E-state index contributed by atoms with van der Waals surface area (Å²) in [6.07, 6.45) is 0. The predicted octanol–water partition coefficient (Wildman–Crippen LogP) is 3.74. The van der Waals surface area contributed by atoms with Crippen molar-refractivity contribution < 1.29 is 18.8 Å². The Morgan fingerprint density at radius 1 is 1.00 bits per heavy atom. The fourth-order valence-electron chi connectivity index (χ4n) is 2.97. The van der Waals surface area contributed by atoms with Crippen LogP contribution in [0, 0.1) is 13.8 Å². The minimum Gasteiger partial charge on any atom is -0.489 e. The number of nitrogens with zero attached hydrogens (tertiary/aromatic N) is 4. The van der Waals surface area contributed by atoms with E-state index >= 15 is 0 Å². The Balaban J connectivity index is 1.34. The normalized spacial score (nSPS) is 10.6. The molecule has 0 spiro atoms. The number of nitrogens with two attached hydrogens (primary N) is 1. The number of hydrogen-bond acceptors (Lipinski definition) is 10. The van der Waals surface area contributed by atoms with Gasteiger partial charge in [0.25, 0.3) is 0 Å². The lowest BCUT2D eigenvalue weighted by Gasteiger charge is -2.09. The summed E-state index contributed by atoms with van der Waals surface area (Å²) in [4.78, 5) is 24.7. The van der Waals surface area contributed by atoms with Gasteiger partial charge in [-0.15, -0.1) is 0 Å². The van der Waals surface area contributed by atoms with Gasteiger partial charge >= 0.3 is 5.97 Å². The van der Waals surface area contributed by atoms with Crippen LogP contribution in [0.1, 0.15) is 33.2 Å². The molecule has 4 rings (SSSR count). The predicted molar refractivity (Wildman–Crippen MR) is 120 cm³/mol. The van der Waals surface area contributed by atoms with Crippen molar-refractivity contribution in [2.75, 3.05) is 11.1 Å². The van der Waals surface area contributed by atoms with Crippen LogP contribution in [-0.2, 0) is 18.0 Å². The Labute approximate surface area is 189 Å². The first-order chi connectivity index (χ1) is 16.0. The smallest absolute Gasteiger partial charge is 0.338 e. The summed E-state index contributed by atoms with van der Waals surface area (Å²) in [7, 11) is 0. The van der Waals surface area contributed by atoms with Crippen molar-refractivity contribution in [3.05, 3.63) is 83.0 Å². The van der Waals surface area contributed by atoms with E-state index in [0.717, 1.165) is 16.9 Å². The van der Waals surface area contributed by atoms with Gasteiger partial charge in [0.05, 0.1) is 16.8 Å². The molecule has 0 aliphatic carbocycles. The molecular weight excluding hydrogens is 424 g/mol. The van der Waals surface area contributed by atoms with Crippen molar-refractivity contribution in [1.82, 2.24) is 20.1 Å². The summed E-state index contributed by atoms with van der Waals surface area (Å²) in [5, 5.41) is 6.93. The molecular formula is C23H22N6O4. The van der Waals surface area contributed by atoms with Gasteiger partial charge in [-0.3, -0.25) is 0 Å². The number of carbonyl (C=O) groups excluding carboxylic acids is 1. The number of aromatic nitrogens is 4. The van der Waals surface area contributed by atoms with Gasteiger partial charge < -0.3 is 25.0 Å². The van der Waals surface area contributed by atoms with E-state index in [9.17, 15) is 4.79 Å². The lowest BCUT2D eigenvalue weighted by molar-refractivity contribution is 0.0462. The second-order valence-electron chi connectivity index (χ2n) is 7.12. The highest BCUT2D eigenvalue weighted by molar-refractivity contribution is 5.89. The molecule has 4 aromatic rings. The van der Waals surface area contributed by atoms with Crippen molar-refractivity contribution in [2.24, 2.45) is 0 Å². The zero-order valence-corrected chi connectivity index (χ0v) is 18.1. The van der Waals surface area contributed by atoms with E-state index in [0.29, 0.717) is 23.7 Å². The first-order valence-electron chi connectivity index (χ1n) is 10.1. The number of benzene rings is 2. The number of hydrogen-bond donors (Lipinski definition) is 2. The molecule has 0 atom stereocenters. The largest absolute Gasteiger partial charge is 0.489 e. The second-order valence-corrected chi connectivity index (χ2v) is 7.12. The van der Waals surface area contributed by atoms with Gasteiger partial charge in [-0.1, -0.05) is 23.4 Å². The molecule has 0 fully saturated rings. The number of anilines is 3. The Morgan fingerprint density at radius 2 is 1.76 bits per heavy atom. The minimum atomic E-state index is -0.524. The van der Waals surface area contributed by atoms with E-state index in [4.69, 9.17) is 19.7 Å². The standard InChI is InChI=1S/C23H22N6O4/c1-14-19(15(2)33-29-14)12-31-18-10-8-16(9-11-18)21(30)32-13-20-26-22(24)28-23(27-20)25-17-6-4-3-5-7-17/h3-11H,12-13H2,1-2H3,(H3,24,25,26,27,28). The van der Waals surface area contributed by atoms with E-state index in [-0.39, 0.29) is 24.3 Å². The maximum atomic E-state index is 12.4. The number of para-hydroxylation sites is 1. The monoisotopic (exact) mass is 446 g/mol. The van der Waals surface area contributed by atoms with Crippen LogP contribution in [0.2, 0.25) is 0 Å². The fourth-order valence-corrected chi connectivity index (χ4v) is 2.97. The van der Waals surface area contributed by atoms with Crippen LogP contribution in [0.15, 0.2) is 59.1 Å².